The number of likely N-dealkylation sites (tertiary alicyclic amines) is 2. The average molecular weight is 406 g/mol. The van der Waals surface area contributed by atoms with Gasteiger partial charge in [-0.15, -0.1) is 0 Å². The number of methoxy groups -OCH3 is 1. The first-order valence-electron chi connectivity index (χ1n) is 10.0. The fourth-order valence-corrected chi connectivity index (χ4v) is 3.85. The maximum Gasteiger partial charge on any atom is 0.414 e. The van der Waals surface area contributed by atoms with Gasteiger partial charge < -0.3 is 19.8 Å². The number of amides is 1. The molecule has 2 fully saturated rings. The molecule has 8 heteroatoms. The molecule has 29 heavy (non-hydrogen) atoms. The van der Waals surface area contributed by atoms with Crippen LogP contribution in [0.15, 0.2) is 24.3 Å². The Labute approximate surface area is 171 Å². The van der Waals surface area contributed by atoms with Gasteiger partial charge in [0.1, 0.15) is 5.75 Å². The number of para-hydroxylation sites is 1. The van der Waals surface area contributed by atoms with Gasteiger partial charge in [-0.3, -0.25) is 9.69 Å². The van der Waals surface area contributed by atoms with Crippen LogP contribution in [0.5, 0.6) is 5.75 Å². The monoisotopic (exact) mass is 406 g/mol. The number of carbonyl (C=O) groups is 3. The zero-order valence-corrected chi connectivity index (χ0v) is 16.9. The lowest BCUT2D eigenvalue weighted by atomic mass is 9.95. The summed E-state index contributed by atoms with van der Waals surface area (Å²) in [7, 11) is 1.72. The van der Waals surface area contributed by atoms with Gasteiger partial charge in [-0.25, -0.2) is 9.59 Å². The van der Waals surface area contributed by atoms with Gasteiger partial charge in [-0.1, -0.05) is 18.2 Å². The third-order valence-corrected chi connectivity index (χ3v) is 5.29. The standard InChI is InChI=1S/C19H28N2O2.C2H2O4/c1-23-18-10-4-3-8-16(18)14-20-11-7-9-17(15-20)19(22)21-12-5-2-6-13-21;3-1(4)2(5)6/h3-4,8,10,17H,2,5-7,9,11-15H2,1H3;(H,3,4)(H,5,6). The van der Waals surface area contributed by atoms with Crippen LogP contribution in [0.2, 0.25) is 0 Å². The molecule has 1 atom stereocenters. The average Bonchev–Trinajstić information content (AvgIpc) is 2.75. The number of aliphatic carboxylic acids is 2. The zero-order chi connectivity index (χ0) is 21.2. The van der Waals surface area contributed by atoms with Crippen molar-refractivity contribution in [2.24, 2.45) is 5.92 Å². The van der Waals surface area contributed by atoms with Crippen molar-refractivity contribution in [1.82, 2.24) is 9.80 Å². The Bertz CT molecular complexity index is 690. The Morgan fingerprint density at radius 3 is 2.28 bits per heavy atom. The molecule has 1 aromatic carbocycles. The first-order valence-corrected chi connectivity index (χ1v) is 10.0. The molecular weight excluding hydrogens is 376 g/mol. The van der Waals surface area contributed by atoms with Crippen molar-refractivity contribution in [2.75, 3.05) is 33.3 Å². The van der Waals surface area contributed by atoms with Crippen molar-refractivity contribution in [3.63, 3.8) is 0 Å². The number of carboxylic acids is 2. The minimum atomic E-state index is -1.82. The molecule has 0 spiro atoms. The lowest BCUT2D eigenvalue weighted by molar-refractivity contribution is -0.159. The molecule has 8 nitrogen and oxygen atoms in total. The minimum absolute atomic E-state index is 0.177. The highest BCUT2D eigenvalue weighted by Gasteiger charge is 2.30. The normalized spacial score (nSPS) is 19.6. The number of ether oxygens (including phenoxy) is 1. The van der Waals surface area contributed by atoms with E-state index in [1.807, 2.05) is 12.1 Å². The van der Waals surface area contributed by atoms with Crippen molar-refractivity contribution in [2.45, 2.75) is 38.6 Å². The van der Waals surface area contributed by atoms with E-state index in [9.17, 15) is 4.79 Å². The Balaban J connectivity index is 0.000000438. The van der Waals surface area contributed by atoms with Gasteiger partial charge in [0.05, 0.1) is 13.0 Å². The predicted molar refractivity (Wildman–Crippen MR) is 107 cm³/mol. The lowest BCUT2D eigenvalue weighted by Crippen LogP contribution is -2.46. The van der Waals surface area contributed by atoms with E-state index >= 15 is 0 Å². The van der Waals surface area contributed by atoms with E-state index in [0.29, 0.717) is 5.91 Å². The maximum absolute atomic E-state index is 12.7. The number of piperidine rings is 2. The highest BCUT2D eigenvalue weighted by Crippen LogP contribution is 2.25. The van der Waals surface area contributed by atoms with Crippen LogP contribution in [-0.4, -0.2) is 71.1 Å². The number of nitrogens with zero attached hydrogens (tertiary/aromatic N) is 2. The molecule has 2 aliphatic rings. The van der Waals surface area contributed by atoms with Crippen LogP contribution in [0.1, 0.15) is 37.7 Å². The predicted octanol–water partition coefficient (Wildman–Crippen LogP) is 2.08. The van der Waals surface area contributed by atoms with Gasteiger partial charge in [0.2, 0.25) is 5.91 Å². The van der Waals surface area contributed by atoms with E-state index in [2.05, 4.69) is 21.9 Å². The van der Waals surface area contributed by atoms with Gasteiger partial charge in [-0.05, 0) is 44.7 Å². The van der Waals surface area contributed by atoms with Crippen LogP contribution in [-0.2, 0) is 20.9 Å². The summed E-state index contributed by atoms with van der Waals surface area (Å²) in [6.07, 6.45) is 5.76. The molecular formula is C21H30N2O6. The number of benzene rings is 1. The Morgan fingerprint density at radius 1 is 1.00 bits per heavy atom. The van der Waals surface area contributed by atoms with Gasteiger partial charge in [-0.2, -0.15) is 0 Å². The maximum atomic E-state index is 12.7. The fourth-order valence-electron chi connectivity index (χ4n) is 3.85. The van der Waals surface area contributed by atoms with E-state index in [1.165, 1.54) is 24.8 Å². The third-order valence-electron chi connectivity index (χ3n) is 5.29. The van der Waals surface area contributed by atoms with Crippen LogP contribution in [0, 0.1) is 5.92 Å². The molecule has 0 saturated carbocycles. The van der Waals surface area contributed by atoms with Crippen molar-refractivity contribution in [3.8, 4) is 5.75 Å². The zero-order valence-electron chi connectivity index (χ0n) is 16.9. The minimum Gasteiger partial charge on any atom is -0.496 e. The summed E-state index contributed by atoms with van der Waals surface area (Å²) in [5, 5.41) is 14.8. The summed E-state index contributed by atoms with van der Waals surface area (Å²) in [4.78, 5) is 35.5. The fraction of sp³-hybridized carbons (Fsp3) is 0.571. The van der Waals surface area contributed by atoms with Gasteiger partial charge >= 0.3 is 11.9 Å². The number of carbonyl (C=O) groups excluding carboxylic acids is 1. The topological polar surface area (TPSA) is 107 Å². The first-order chi connectivity index (χ1) is 13.9. The second-order valence-corrected chi connectivity index (χ2v) is 7.38. The van der Waals surface area contributed by atoms with Crippen LogP contribution in [0.4, 0.5) is 0 Å². The van der Waals surface area contributed by atoms with Crippen LogP contribution in [0.25, 0.3) is 0 Å². The molecule has 2 saturated heterocycles. The van der Waals surface area contributed by atoms with E-state index in [1.54, 1.807) is 7.11 Å². The van der Waals surface area contributed by atoms with Gasteiger partial charge in [0.15, 0.2) is 0 Å². The van der Waals surface area contributed by atoms with Crippen molar-refractivity contribution < 1.29 is 29.3 Å². The Kier molecular flexibility index (Phi) is 8.92. The number of rotatable bonds is 4. The highest BCUT2D eigenvalue weighted by molar-refractivity contribution is 6.27. The molecule has 0 bridgehead atoms. The first kappa shape index (κ1) is 22.7. The summed E-state index contributed by atoms with van der Waals surface area (Å²) in [6, 6.07) is 8.18. The summed E-state index contributed by atoms with van der Waals surface area (Å²) < 4.78 is 5.45. The van der Waals surface area contributed by atoms with Crippen molar-refractivity contribution >= 4 is 17.8 Å². The summed E-state index contributed by atoms with van der Waals surface area (Å²) >= 11 is 0. The lowest BCUT2D eigenvalue weighted by Gasteiger charge is -2.36. The van der Waals surface area contributed by atoms with Gasteiger partial charge in [0.25, 0.3) is 0 Å². The van der Waals surface area contributed by atoms with E-state index < -0.39 is 11.9 Å². The van der Waals surface area contributed by atoms with Gasteiger partial charge in [0, 0.05) is 31.7 Å². The molecule has 0 radical (unpaired) electrons. The second kappa shape index (κ2) is 11.4. The number of carboxylic acid groups (broad SMARTS) is 2. The van der Waals surface area contributed by atoms with Crippen LogP contribution >= 0.6 is 0 Å². The smallest absolute Gasteiger partial charge is 0.414 e. The number of hydrogen-bond acceptors (Lipinski definition) is 5. The van der Waals surface area contributed by atoms with Crippen LogP contribution < -0.4 is 4.74 Å². The Hall–Kier alpha value is -2.61. The van der Waals surface area contributed by atoms with E-state index in [4.69, 9.17) is 24.5 Å². The molecule has 2 heterocycles. The summed E-state index contributed by atoms with van der Waals surface area (Å²) in [5.74, 6) is -2.15. The second-order valence-electron chi connectivity index (χ2n) is 7.38. The largest absolute Gasteiger partial charge is 0.496 e. The molecule has 1 unspecified atom stereocenters. The summed E-state index contributed by atoms with van der Waals surface area (Å²) in [6.45, 7) is 4.74. The molecule has 0 aromatic heterocycles. The molecule has 2 N–H and O–H groups in total. The van der Waals surface area contributed by atoms with Crippen LogP contribution in [0.3, 0.4) is 0 Å². The molecule has 1 aromatic rings. The SMILES string of the molecule is COc1ccccc1CN1CCCC(C(=O)N2CCCCC2)C1.O=C(O)C(=O)O. The third kappa shape index (κ3) is 7.05. The van der Waals surface area contributed by atoms with Crippen molar-refractivity contribution in [1.29, 1.82) is 0 Å². The molecule has 0 aliphatic carbocycles. The van der Waals surface area contributed by atoms with Crippen molar-refractivity contribution in [3.05, 3.63) is 29.8 Å². The quantitative estimate of drug-likeness (QED) is 0.737. The molecule has 160 valence electrons. The Morgan fingerprint density at radius 2 is 1.66 bits per heavy atom. The molecule has 2 aliphatic heterocycles. The molecule has 3 rings (SSSR count). The number of hydrogen-bond donors (Lipinski definition) is 2. The molecule has 1 amide bonds. The van der Waals surface area contributed by atoms with E-state index in [0.717, 1.165) is 51.3 Å². The van der Waals surface area contributed by atoms with E-state index in [-0.39, 0.29) is 5.92 Å². The summed E-state index contributed by atoms with van der Waals surface area (Å²) in [5.41, 5.74) is 1.21. The highest BCUT2D eigenvalue weighted by atomic mass is 16.5.